The highest BCUT2D eigenvalue weighted by atomic mass is 15.4. The van der Waals surface area contributed by atoms with E-state index in [4.69, 9.17) is 4.99 Å². The van der Waals surface area contributed by atoms with Crippen LogP contribution in [0, 0.1) is 5.92 Å². The van der Waals surface area contributed by atoms with Crippen molar-refractivity contribution in [1.29, 1.82) is 0 Å². The number of hydrogen-bond donors (Lipinski definition) is 2. The summed E-state index contributed by atoms with van der Waals surface area (Å²) in [6.45, 7) is 0. The van der Waals surface area contributed by atoms with E-state index in [-0.39, 0.29) is 18.0 Å². The highest BCUT2D eigenvalue weighted by Crippen LogP contribution is 2.60. The van der Waals surface area contributed by atoms with E-state index in [1.54, 1.807) is 0 Å². The van der Waals surface area contributed by atoms with Crippen LogP contribution in [0.3, 0.4) is 0 Å². The van der Waals surface area contributed by atoms with Crippen molar-refractivity contribution in [3.63, 3.8) is 0 Å². The lowest BCUT2D eigenvalue weighted by molar-refractivity contribution is 0.341. The van der Waals surface area contributed by atoms with Gasteiger partial charge in [-0.1, -0.05) is 188 Å². The van der Waals surface area contributed by atoms with E-state index in [9.17, 15) is 0 Å². The van der Waals surface area contributed by atoms with Gasteiger partial charge in [0.1, 0.15) is 12.0 Å². The molecule has 0 radical (unpaired) electrons. The quantitative estimate of drug-likeness (QED) is 0.180. The van der Waals surface area contributed by atoms with Gasteiger partial charge in [0.2, 0.25) is 0 Å². The summed E-state index contributed by atoms with van der Waals surface area (Å²) in [4.78, 5) is 5.53. The molecular weight excluding hydrogens is 681 g/mol. The van der Waals surface area contributed by atoms with Crippen molar-refractivity contribution in [2.45, 2.75) is 23.8 Å². The smallest absolute Gasteiger partial charge is 0.184 e. The van der Waals surface area contributed by atoms with Crippen LogP contribution in [0.15, 0.2) is 211 Å². The Morgan fingerprint density at radius 2 is 1.11 bits per heavy atom. The Bertz CT molecular complexity index is 2760. The number of rotatable bonds is 6. The Balaban J connectivity index is 1.23. The largest absolute Gasteiger partial charge is 0.350 e. The van der Waals surface area contributed by atoms with Crippen LogP contribution >= 0.6 is 0 Å². The zero-order valence-electron chi connectivity index (χ0n) is 30.8. The van der Waals surface area contributed by atoms with Gasteiger partial charge in [-0.15, -0.1) is 0 Å². The second-order valence-corrected chi connectivity index (χ2v) is 15.2. The molecular formula is C52H40N4. The normalized spacial score (nSPS) is 20.7. The molecule has 2 heterocycles. The number of nitrogens with one attached hydrogen (secondary N) is 2. The van der Waals surface area contributed by atoms with Crippen LogP contribution in [0.2, 0.25) is 0 Å². The fourth-order valence-electron chi connectivity index (χ4n) is 9.80. The summed E-state index contributed by atoms with van der Waals surface area (Å²) in [5, 5.41) is 10.2. The predicted octanol–water partition coefficient (Wildman–Crippen LogP) is 11.4. The fraction of sp³-hybridized carbons (Fsp3) is 0.0962. The second-order valence-electron chi connectivity index (χ2n) is 15.2. The van der Waals surface area contributed by atoms with Gasteiger partial charge in [-0.2, -0.15) is 0 Å². The summed E-state index contributed by atoms with van der Waals surface area (Å²) >= 11 is 0. The predicted molar refractivity (Wildman–Crippen MR) is 230 cm³/mol. The lowest BCUT2D eigenvalue weighted by Gasteiger charge is -2.39. The number of hydrogen-bond acceptors (Lipinski definition) is 3. The number of amidine groups is 1. The molecule has 1 aromatic heterocycles. The minimum Gasteiger partial charge on any atom is -0.350 e. The molecule has 8 aromatic rings. The molecule has 1 aliphatic heterocycles. The first-order valence-electron chi connectivity index (χ1n) is 19.6. The van der Waals surface area contributed by atoms with Crippen molar-refractivity contribution < 1.29 is 0 Å². The molecule has 0 saturated carbocycles. The van der Waals surface area contributed by atoms with Crippen molar-refractivity contribution in [2.24, 2.45) is 10.9 Å². The monoisotopic (exact) mass is 720 g/mol. The average Bonchev–Trinajstić information content (AvgIpc) is 3.76. The number of aromatic nitrogens is 1. The summed E-state index contributed by atoms with van der Waals surface area (Å²) in [5.41, 5.74) is 11.8. The van der Waals surface area contributed by atoms with Gasteiger partial charge in [0, 0.05) is 28.2 Å². The zero-order valence-corrected chi connectivity index (χ0v) is 30.8. The summed E-state index contributed by atoms with van der Waals surface area (Å²) < 4.78 is 2.46. The average molecular weight is 721 g/mol. The molecule has 11 rings (SSSR count). The molecule has 2 aliphatic carbocycles. The van der Waals surface area contributed by atoms with Crippen LogP contribution in [0.25, 0.3) is 32.9 Å². The fourth-order valence-corrected chi connectivity index (χ4v) is 9.80. The molecule has 0 bridgehead atoms. The highest BCUT2D eigenvalue weighted by molar-refractivity contribution is 6.10. The second kappa shape index (κ2) is 13.2. The third kappa shape index (κ3) is 5.07. The molecule has 4 heteroatoms. The zero-order chi connectivity index (χ0) is 37.1. The minimum atomic E-state index is -0.410. The lowest BCUT2D eigenvalue weighted by atomic mass is 9.63. The first-order valence-corrected chi connectivity index (χ1v) is 19.6. The third-order valence-corrected chi connectivity index (χ3v) is 12.2. The van der Waals surface area contributed by atoms with Crippen LogP contribution < -0.4 is 10.6 Å². The van der Waals surface area contributed by atoms with Gasteiger partial charge in [0.05, 0.1) is 16.4 Å². The van der Waals surface area contributed by atoms with Gasteiger partial charge in [-0.3, -0.25) is 5.32 Å². The molecule has 4 nitrogen and oxygen atoms in total. The Kier molecular flexibility index (Phi) is 7.71. The van der Waals surface area contributed by atoms with Gasteiger partial charge in [0.25, 0.3) is 0 Å². The van der Waals surface area contributed by atoms with Crippen LogP contribution in [0.1, 0.15) is 51.8 Å². The van der Waals surface area contributed by atoms with E-state index in [2.05, 4.69) is 221 Å². The maximum absolute atomic E-state index is 5.53. The summed E-state index contributed by atoms with van der Waals surface area (Å²) in [7, 11) is 0. The van der Waals surface area contributed by atoms with Gasteiger partial charge in [0.15, 0.2) is 6.29 Å². The van der Waals surface area contributed by atoms with Gasteiger partial charge >= 0.3 is 0 Å². The number of nitrogens with zero attached hydrogens (tertiary/aromatic N) is 2. The highest BCUT2D eigenvalue weighted by Gasteiger charge is 2.53. The Morgan fingerprint density at radius 1 is 0.518 bits per heavy atom. The maximum atomic E-state index is 5.53. The third-order valence-electron chi connectivity index (χ3n) is 12.2. The van der Waals surface area contributed by atoms with Crippen molar-refractivity contribution in [3.05, 3.63) is 240 Å². The molecule has 0 spiro atoms. The molecule has 0 fully saturated rings. The first-order chi connectivity index (χ1) is 27.8. The Hall–Kier alpha value is -6.75. The summed E-state index contributed by atoms with van der Waals surface area (Å²) in [6.07, 6.45) is 8.77. The first kappa shape index (κ1) is 32.7. The molecule has 268 valence electrons. The molecule has 0 amide bonds. The maximum Gasteiger partial charge on any atom is 0.184 e. The van der Waals surface area contributed by atoms with Crippen molar-refractivity contribution in [3.8, 4) is 11.1 Å². The minimum absolute atomic E-state index is 0.168. The molecule has 7 aromatic carbocycles. The standard InChI is InChI=1S/C52H40N4/c1-6-18-35(19-7-1)38-30-31-42-44-33-43-41-28-16-17-29-45(41)52(39-24-12-4-13-25-39,40-26-14-5-15-27-40)46(43)34-48(44)56(47(42)32-38)51-54-49(36-20-8-2-9-21-36)53-50(55-51)37-22-10-3-11-23-37/h1-34,41,45,49,51,54H,(H,53,55). The van der Waals surface area contributed by atoms with E-state index in [1.165, 1.54) is 44.2 Å². The van der Waals surface area contributed by atoms with Crippen LogP contribution in [-0.2, 0) is 5.41 Å². The van der Waals surface area contributed by atoms with E-state index in [1.807, 2.05) is 0 Å². The summed E-state index contributed by atoms with van der Waals surface area (Å²) in [5.74, 6) is 1.30. The van der Waals surface area contributed by atoms with Gasteiger partial charge < -0.3 is 9.88 Å². The van der Waals surface area contributed by atoms with E-state index in [0.29, 0.717) is 0 Å². The molecule has 0 saturated heterocycles. The Labute approximate surface area is 327 Å². The number of benzene rings is 7. The van der Waals surface area contributed by atoms with Crippen LogP contribution in [0.4, 0.5) is 0 Å². The number of aliphatic imine (C=N–C) groups is 1. The molecule has 3 aliphatic rings. The number of fused-ring (bicyclic) bond motifs is 6. The van der Waals surface area contributed by atoms with E-state index in [0.717, 1.165) is 28.0 Å². The SMILES string of the molecule is C1=CC2c3cc4c5ccc(-c6ccccc6)cc5n(C5N=C(c6ccccc6)NC(c6ccccc6)N5)c4cc3C(c3ccccc3)(c3ccccc3)C2C=C1. The van der Waals surface area contributed by atoms with Crippen molar-refractivity contribution in [2.75, 3.05) is 0 Å². The van der Waals surface area contributed by atoms with Crippen LogP contribution in [-0.4, -0.2) is 10.4 Å². The summed E-state index contributed by atoms with van der Waals surface area (Å²) in [6, 6.07) is 66.2. The molecule has 2 N–H and O–H groups in total. The van der Waals surface area contributed by atoms with Crippen molar-refractivity contribution >= 4 is 27.6 Å². The Morgan fingerprint density at radius 3 is 1.79 bits per heavy atom. The number of allylic oxidation sites excluding steroid dienone is 4. The van der Waals surface area contributed by atoms with E-state index < -0.39 is 11.7 Å². The lowest BCUT2D eigenvalue weighted by Crippen LogP contribution is -2.46. The van der Waals surface area contributed by atoms with Crippen molar-refractivity contribution in [1.82, 2.24) is 15.2 Å². The van der Waals surface area contributed by atoms with Crippen LogP contribution in [0.5, 0.6) is 0 Å². The van der Waals surface area contributed by atoms with E-state index >= 15 is 0 Å². The van der Waals surface area contributed by atoms with Gasteiger partial charge in [-0.05, 0) is 57.1 Å². The molecule has 4 atom stereocenters. The molecule has 56 heavy (non-hydrogen) atoms. The topological polar surface area (TPSA) is 41.4 Å². The van der Waals surface area contributed by atoms with Gasteiger partial charge in [-0.25, -0.2) is 4.99 Å². The molecule has 4 unspecified atom stereocenters.